The van der Waals surface area contributed by atoms with Crippen LogP contribution in [0.4, 0.5) is 6.01 Å². The third-order valence-corrected chi connectivity index (χ3v) is 3.49. The molecule has 0 amide bonds. The van der Waals surface area contributed by atoms with E-state index in [1.165, 1.54) is 0 Å². The molecule has 2 heterocycles. The van der Waals surface area contributed by atoms with Crippen LogP contribution >= 0.6 is 11.6 Å². The molecule has 2 aromatic rings. The lowest BCUT2D eigenvalue weighted by Crippen LogP contribution is -2.20. The topological polar surface area (TPSA) is 29.3 Å². The Bertz CT molecular complexity index is 463. The van der Waals surface area contributed by atoms with E-state index in [9.17, 15) is 0 Å². The van der Waals surface area contributed by atoms with Crippen molar-refractivity contribution in [2.45, 2.75) is 6.42 Å². The first kappa shape index (κ1) is 9.97. The first-order chi connectivity index (χ1) is 7.86. The van der Waals surface area contributed by atoms with Crippen molar-refractivity contribution in [1.82, 2.24) is 4.98 Å². The normalized spacial score (nSPS) is 20.8. The molecule has 4 heteroatoms. The van der Waals surface area contributed by atoms with Crippen LogP contribution in [0.5, 0.6) is 0 Å². The van der Waals surface area contributed by atoms with Crippen LogP contribution in [0.1, 0.15) is 6.42 Å². The van der Waals surface area contributed by atoms with Gasteiger partial charge in [0.25, 0.3) is 6.01 Å². The average Bonchev–Trinajstić information content (AvgIpc) is 2.95. The van der Waals surface area contributed by atoms with Gasteiger partial charge in [-0.25, -0.2) is 0 Å². The summed E-state index contributed by atoms with van der Waals surface area (Å²) in [7, 11) is 0. The second-order valence-electron chi connectivity index (χ2n) is 4.22. The smallest absolute Gasteiger partial charge is 0.298 e. The molecular weight excluding hydrogens is 224 g/mol. The molecule has 1 aliphatic rings. The minimum atomic E-state index is 0.566. The molecule has 1 aliphatic heterocycles. The fraction of sp³-hybridized carbons (Fsp3) is 0.417. The van der Waals surface area contributed by atoms with Crippen LogP contribution in [0, 0.1) is 5.92 Å². The monoisotopic (exact) mass is 236 g/mol. The molecule has 3 nitrogen and oxygen atoms in total. The maximum Gasteiger partial charge on any atom is 0.298 e. The van der Waals surface area contributed by atoms with Gasteiger partial charge in [-0.15, -0.1) is 11.6 Å². The van der Waals surface area contributed by atoms with E-state index in [1.807, 2.05) is 24.3 Å². The maximum absolute atomic E-state index is 5.86. The standard InChI is InChI=1S/C12H13ClN2O/c13-7-9-5-6-15(8-9)12-14-10-3-1-2-4-11(10)16-12/h1-4,9H,5-8H2. The van der Waals surface area contributed by atoms with Gasteiger partial charge in [0, 0.05) is 19.0 Å². The molecule has 0 spiro atoms. The fourth-order valence-electron chi connectivity index (χ4n) is 2.13. The highest BCUT2D eigenvalue weighted by molar-refractivity contribution is 6.18. The minimum Gasteiger partial charge on any atom is -0.423 e. The number of fused-ring (bicyclic) bond motifs is 1. The zero-order chi connectivity index (χ0) is 11.0. The Morgan fingerprint density at radius 3 is 3.06 bits per heavy atom. The summed E-state index contributed by atoms with van der Waals surface area (Å²) in [6, 6.07) is 8.58. The number of aromatic nitrogens is 1. The number of hydrogen-bond donors (Lipinski definition) is 0. The van der Waals surface area contributed by atoms with Gasteiger partial charge in [-0.3, -0.25) is 0 Å². The summed E-state index contributed by atoms with van der Waals surface area (Å²) in [5.74, 6) is 1.29. The molecule has 1 unspecified atom stereocenters. The number of oxazole rings is 1. The number of nitrogens with zero attached hydrogens (tertiary/aromatic N) is 2. The van der Waals surface area contributed by atoms with Crippen molar-refractivity contribution < 1.29 is 4.42 Å². The first-order valence-electron chi connectivity index (χ1n) is 5.53. The molecule has 1 aromatic heterocycles. The lowest BCUT2D eigenvalue weighted by Gasteiger charge is -2.11. The number of rotatable bonds is 2. The number of benzene rings is 1. The lowest BCUT2D eigenvalue weighted by atomic mass is 10.2. The molecule has 0 radical (unpaired) electrons. The second-order valence-corrected chi connectivity index (χ2v) is 4.53. The van der Waals surface area contributed by atoms with Crippen LogP contribution in [0.2, 0.25) is 0 Å². The van der Waals surface area contributed by atoms with Crippen LogP contribution in [-0.4, -0.2) is 24.0 Å². The number of hydrogen-bond acceptors (Lipinski definition) is 3. The number of halogens is 1. The predicted molar refractivity (Wildman–Crippen MR) is 65.0 cm³/mol. The van der Waals surface area contributed by atoms with Crippen LogP contribution in [0.3, 0.4) is 0 Å². The van der Waals surface area contributed by atoms with Crippen molar-refractivity contribution in [3.63, 3.8) is 0 Å². The van der Waals surface area contributed by atoms with Crippen LogP contribution in [0.25, 0.3) is 11.1 Å². The highest BCUT2D eigenvalue weighted by Gasteiger charge is 2.25. The SMILES string of the molecule is ClCC1CCN(c2nc3ccccc3o2)C1. The maximum atomic E-state index is 5.86. The molecule has 0 aliphatic carbocycles. The van der Waals surface area contributed by atoms with Crippen LogP contribution in [-0.2, 0) is 0 Å². The second kappa shape index (κ2) is 3.98. The molecule has 0 saturated carbocycles. The lowest BCUT2D eigenvalue weighted by molar-refractivity contribution is 0.579. The van der Waals surface area contributed by atoms with E-state index < -0.39 is 0 Å². The molecule has 84 valence electrons. The van der Waals surface area contributed by atoms with Gasteiger partial charge in [-0.1, -0.05) is 12.1 Å². The molecule has 0 N–H and O–H groups in total. The minimum absolute atomic E-state index is 0.566. The first-order valence-corrected chi connectivity index (χ1v) is 6.07. The van der Waals surface area contributed by atoms with Crippen molar-refractivity contribution in [3.8, 4) is 0 Å². The zero-order valence-corrected chi connectivity index (χ0v) is 9.65. The van der Waals surface area contributed by atoms with Crippen molar-refractivity contribution >= 4 is 28.7 Å². The van der Waals surface area contributed by atoms with Gasteiger partial charge in [0.2, 0.25) is 0 Å². The summed E-state index contributed by atoms with van der Waals surface area (Å²) in [6.07, 6.45) is 1.13. The third-order valence-electron chi connectivity index (χ3n) is 3.06. The summed E-state index contributed by atoms with van der Waals surface area (Å²) in [4.78, 5) is 6.65. The Morgan fingerprint density at radius 1 is 1.44 bits per heavy atom. The molecular formula is C12H13ClN2O. The molecule has 0 bridgehead atoms. The van der Waals surface area contributed by atoms with Crippen molar-refractivity contribution in [1.29, 1.82) is 0 Å². The Labute approximate surface area is 99.0 Å². The quantitative estimate of drug-likeness (QED) is 0.751. The van der Waals surface area contributed by atoms with Gasteiger partial charge in [0.15, 0.2) is 5.58 Å². The number of para-hydroxylation sites is 2. The zero-order valence-electron chi connectivity index (χ0n) is 8.90. The van der Waals surface area contributed by atoms with Gasteiger partial charge in [0.05, 0.1) is 0 Å². The molecule has 1 saturated heterocycles. The predicted octanol–water partition coefficient (Wildman–Crippen LogP) is 2.89. The van der Waals surface area contributed by atoms with Crippen LogP contribution in [0.15, 0.2) is 28.7 Å². The largest absolute Gasteiger partial charge is 0.423 e. The van der Waals surface area contributed by atoms with E-state index in [4.69, 9.17) is 16.0 Å². The van der Waals surface area contributed by atoms with Gasteiger partial charge in [-0.05, 0) is 24.5 Å². The van der Waals surface area contributed by atoms with E-state index in [0.717, 1.165) is 42.5 Å². The Balaban J connectivity index is 1.89. The van der Waals surface area contributed by atoms with Gasteiger partial charge >= 0.3 is 0 Å². The highest BCUT2D eigenvalue weighted by atomic mass is 35.5. The van der Waals surface area contributed by atoms with Crippen molar-refractivity contribution in [2.24, 2.45) is 5.92 Å². The summed E-state index contributed by atoms with van der Waals surface area (Å²) < 4.78 is 5.72. The Hall–Kier alpha value is -1.22. The number of anilines is 1. The summed E-state index contributed by atoms with van der Waals surface area (Å²) in [5.41, 5.74) is 1.78. The third kappa shape index (κ3) is 1.65. The molecule has 1 aromatic carbocycles. The van der Waals surface area contributed by atoms with E-state index >= 15 is 0 Å². The fourth-order valence-corrected chi connectivity index (χ4v) is 2.38. The Kier molecular flexibility index (Phi) is 2.48. The van der Waals surface area contributed by atoms with E-state index in [-0.39, 0.29) is 0 Å². The molecule has 1 fully saturated rings. The molecule has 1 atom stereocenters. The summed E-state index contributed by atoms with van der Waals surface area (Å²) in [6.45, 7) is 1.94. The molecule has 16 heavy (non-hydrogen) atoms. The van der Waals surface area contributed by atoms with E-state index in [1.54, 1.807) is 0 Å². The van der Waals surface area contributed by atoms with Gasteiger partial charge in [-0.2, -0.15) is 4.98 Å². The van der Waals surface area contributed by atoms with Crippen molar-refractivity contribution in [3.05, 3.63) is 24.3 Å². The van der Waals surface area contributed by atoms with E-state index in [0.29, 0.717) is 5.92 Å². The Morgan fingerprint density at radius 2 is 2.31 bits per heavy atom. The van der Waals surface area contributed by atoms with Gasteiger partial charge in [0.1, 0.15) is 5.52 Å². The molecule has 3 rings (SSSR count). The van der Waals surface area contributed by atoms with Crippen LogP contribution < -0.4 is 4.90 Å². The van der Waals surface area contributed by atoms with E-state index in [2.05, 4.69) is 9.88 Å². The van der Waals surface area contributed by atoms with Crippen molar-refractivity contribution in [2.75, 3.05) is 23.9 Å². The summed E-state index contributed by atoms with van der Waals surface area (Å²) in [5, 5.41) is 0. The van der Waals surface area contributed by atoms with Gasteiger partial charge < -0.3 is 9.32 Å². The number of alkyl halides is 1. The summed E-state index contributed by atoms with van der Waals surface area (Å²) >= 11 is 5.86. The highest BCUT2D eigenvalue weighted by Crippen LogP contribution is 2.27. The average molecular weight is 237 g/mol.